The molecule has 7 nitrogen and oxygen atoms in total. The van der Waals surface area contributed by atoms with Crippen molar-refractivity contribution in [3.05, 3.63) is 23.8 Å². The maximum Gasteiger partial charge on any atom is 0.246 e. The van der Waals surface area contributed by atoms with Gasteiger partial charge in [0.15, 0.2) is 0 Å². The van der Waals surface area contributed by atoms with Crippen molar-refractivity contribution >= 4 is 15.9 Å². The molecule has 0 heterocycles. The van der Waals surface area contributed by atoms with Crippen LogP contribution in [0.3, 0.4) is 0 Å². The molecular formula is C15H24N2O5S. The third kappa shape index (κ3) is 5.49. The lowest BCUT2D eigenvalue weighted by molar-refractivity contribution is -0.121. The molecule has 0 aromatic heterocycles. The Morgan fingerprint density at radius 2 is 2.00 bits per heavy atom. The minimum absolute atomic E-state index is 0.0506. The van der Waals surface area contributed by atoms with Gasteiger partial charge in [0.25, 0.3) is 0 Å². The zero-order chi connectivity index (χ0) is 17.5. The Morgan fingerprint density at radius 3 is 2.61 bits per heavy atom. The number of benzene rings is 1. The number of sulfonamides is 1. The minimum atomic E-state index is -3.81. The molecule has 0 aliphatic heterocycles. The Hall–Kier alpha value is -1.64. The van der Waals surface area contributed by atoms with Gasteiger partial charge in [0.2, 0.25) is 15.9 Å². The van der Waals surface area contributed by atoms with E-state index >= 15 is 0 Å². The van der Waals surface area contributed by atoms with Gasteiger partial charge < -0.3 is 14.8 Å². The fourth-order valence-electron chi connectivity index (χ4n) is 1.94. The van der Waals surface area contributed by atoms with E-state index in [0.29, 0.717) is 19.6 Å². The van der Waals surface area contributed by atoms with Crippen LogP contribution in [0.25, 0.3) is 0 Å². The van der Waals surface area contributed by atoms with Crippen LogP contribution in [-0.4, -0.2) is 59.6 Å². The van der Waals surface area contributed by atoms with Gasteiger partial charge in [-0.15, -0.1) is 0 Å². The highest BCUT2D eigenvalue weighted by atomic mass is 32.2. The molecule has 1 aromatic rings. The number of aryl methyl sites for hydroxylation is 1. The lowest BCUT2D eigenvalue weighted by Crippen LogP contribution is -2.38. The van der Waals surface area contributed by atoms with Crippen LogP contribution in [0.5, 0.6) is 5.75 Å². The van der Waals surface area contributed by atoms with Crippen molar-refractivity contribution in [1.82, 2.24) is 9.62 Å². The van der Waals surface area contributed by atoms with E-state index in [1.54, 1.807) is 26.2 Å². The molecule has 0 fully saturated rings. The molecule has 0 aliphatic rings. The van der Waals surface area contributed by atoms with E-state index in [1.807, 2.05) is 0 Å². The number of rotatable bonds is 9. The highest BCUT2D eigenvalue weighted by Crippen LogP contribution is 2.26. The zero-order valence-corrected chi connectivity index (χ0v) is 14.8. The lowest BCUT2D eigenvalue weighted by Gasteiger charge is -2.19. The van der Waals surface area contributed by atoms with Crippen LogP contribution in [-0.2, 0) is 19.6 Å². The number of carbonyl (C=O) groups is 1. The van der Waals surface area contributed by atoms with Crippen LogP contribution in [0.4, 0.5) is 0 Å². The first kappa shape index (κ1) is 19.4. The quantitative estimate of drug-likeness (QED) is 0.669. The predicted molar refractivity (Wildman–Crippen MR) is 87.0 cm³/mol. The normalized spacial score (nSPS) is 11.5. The number of hydrogen-bond acceptors (Lipinski definition) is 5. The largest absolute Gasteiger partial charge is 0.495 e. The number of hydrogen-bond donors (Lipinski definition) is 1. The standard InChI is InChI=1S/C15H24N2O5S/c1-12-6-7-13(22-4)14(10-12)23(19,20)17(2)11-15(18)16-8-5-9-21-3/h6-7,10H,5,8-9,11H2,1-4H3,(H,16,18). The zero-order valence-electron chi connectivity index (χ0n) is 14.0. The second-order valence-corrected chi connectivity index (χ2v) is 7.13. The number of likely N-dealkylation sites (N-methyl/N-ethyl adjacent to an activating group) is 1. The Bertz CT molecular complexity index is 631. The van der Waals surface area contributed by atoms with Gasteiger partial charge in [-0.25, -0.2) is 8.42 Å². The summed E-state index contributed by atoms with van der Waals surface area (Å²) in [6, 6.07) is 4.89. The first-order chi connectivity index (χ1) is 10.8. The van der Waals surface area contributed by atoms with E-state index in [1.165, 1.54) is 20.2 Å². The summed E-state index contributed by atoms with van der Waals surface area (Å²) in [5.41, 5.74) is 0.793. The van der Waals surface area contributed by atoms with Crippen molar-refractivity contribution in [1.29, 1.82) is 0 Å². The molecule has 23 heavy (non-hydrogen) atoms. The van der Waals surface area contributed by atoms with Crippen LogP contribution >= 0.6 is 0 Å². The van der Waals surface area contributed by atoms with E-state index in [2.05, 4.69) is 5.32 Å². The van der Waals surface area contributed by atoms with Crippen molar-refractivity contribution < 1.29 is 22.7 Å². The molecule has 1 aromatic carbocycles. The molecule has 1 amide bonds. The van der Waals surface area contributed by atoms with E-state index in [0.717, 1.165) is 9.87 Å². The van der Waals surface area contributed by atoms with Crippen LogP contribution in [0.15, 0.2) is 23.1 Å². The lowest BCUT2D eigenvalue weighted by atomic mass is 10.2. The van der Waals surface area contributed by atoms with Gasteiger partial charge in [-0.1, -0.05) is 6.07 Å². The fourth-order valence-corrected chi connectivity index (χ4v) is 3.30. The van der Waals surface area contributed by atoms with Crippen LogP contribution < -0.4 is 10.1 Å². The van der Waals surface area contributed by atoms with Crippen LogP contribution in [0.1, 0.15) is 12.0 Å². The summed E-state index contributed by atoms with van der Waals surface area (Å²) in [4.78, 5) is 11.9. The van der Waals surface area contributed by atoms with Crippen molar-refractivity contribution in [3.8, 4) is 5.75 Å². The summed E-state index contributed by atoms with van der Waals surface area (Å²) in [6.07, 6.45) is 0.671. The molecule has 0 saturated carbocycles. The fraction of sp³-hybridized carbons (Fsp3) is 0.533. The van der Waals surface area contributed by atoms with E-state index < -0.39 is 10.0 Å². The van der Waals surface area contributed by atoms with Gasteiger partial charge in [-0.05, 0) is 31.0 Å². The van der Waals surface area contributed by atoms with E-state index in [9.17, 15) is 13.2 Å². The summed E-state index contributed by atoms with van der Waals surface area (Å²) in [7, 11) is 0.545. The predicted octanol–water partition coefficient (Wildman–Crippen LogP) is 0.777. The molecule has 130 valence electrons. The number of methoxy groups -OCH3 is 2. The number of nitrogens with one attached hydrogen (secondary N) is 1. The summed E-state index contributed by atoms with van der Waals surface area (Å²) in [5.74, 6) is -0.109. The second-order valence-electron chi connectivity index (χ2n) is 5.11. The highest BCUT2D eigenvalue weighted by molar-refractivity contribution is 7.89. The van der Waals surface area contributed by atoms with Crippen molar-refractivity contribution in [2.24, 2.45) is 0 Å². The molecule has 1 rings (SSSR count). The van der Waals surface area contributed by atoms with Gasteiger partial charge in [0.1, 0.15) is 10.6 Å². The van der Waals surface area contributed by atoms with Crippen molar-refractivity contribution in [3.63, 3.8) is 0 Å². The monoisotopic (exact) mass is 344 g/mol. The maximum absolute atomic E-state index is 12.6. The molecule has 0 saturated heterocycles. The number of nitrogens with zero attached hydrogens (tertiary/aromatic N) is 1. The first-order valence-electron chi connectivity index (χ1n) is 7.19. The molecule has 0 unspecified atom stereocenters. The molecule has 1 N–H and O–H groups in total. The summed E-state index contributed by atoms with van der Waals surface area (Å²) >= 11 is 0. The van der Waals surface area contributed by atoms with Crippen molar-refractivity contribution in [2.75, 3.05) is 41.0 Å². The molecule has 0 atom stereocenters. The molecule has 8 heteroatoms. The maximum atomic E-state index is 12.6. The average molecular weight is 344 g/mol. The second kappa shape index (κ2) is 8.85. The molecule has 0 bridgehead atoms. The Balaban J connectivity index is 2.80. The summed E-state index contributed by atoms with van der Waals surface area (Å²) in [6.45, 7) is 2.51. The number of carbonyl (C=O) groups excluding carboxylic acids is 1. The van der Waals surface area contributed by atoms with Gasteiger partial charge in [-0.3, -0.25) is 4.79 Å². The van der Waals surface area contributed by atoms with E-state index in [4.69, 9.17) is 9.47 Å². The third-order valence-corrected chi connectivity index (χ3v) is 5.05. The minimum Gasteiger partial charge on any atom is -0.495 e. The third-order valence-electron chi connectivity index (χ3n) is 3.22. The molecule has 0 aliphatic carbocycles. The van der Waals surface area contributed by atoms with Gasteiger partial charge in [0, 0.05) is 27.3 Å². The molecular weight excluding hydrogens is 320 g/mol. The Morgan fingerprint density at radius 1 is 1.30 bits per heavy atom. The SMILES string of the molecule is COCCCNC(=O)CN(C)S(=O)(=O)c1cc(C)ccc1OC. The Labute approximate surface area is 137 Å². The summed E-state index contributed by atoms with van der Waals surface area (Å²) < 4.78 is 36.2. The van der Waals surface area contributed by atoms with E-state index in [-0.39, 0.29) is 23.1 Å². The molecule has 0 spiro atoms. The van der Waals surface area contributed by atoms with Gasteiger partial charge >= 0.3 is 0 Å². The van der Waals surface area contributed by atoms with Gasteiger partial charge in [-0.2, -0.15) is 4.31 Å². The van der Waals surface area contributed by atoms with Gasteiger partial charge in [0.05, 0.1) is 13.7 Å². The smallest absolute Gasteiger partial charge is 0.246 e. The van der Waals surface area contributed by atoms with Crippen molar-refractivity contribution in [2.45, 2.75) is 18.2 Å². The average Bonchev–Trinajstić information content (AvgIpc) is 2.51. The first-order valence-corrected chi connectivity index (χ1v) is 8.63. The number of amides is 1. The Kier molecular flexibility index (Phi) is 7.47. The molecule has 0 radical (unpaired) electrons. The summed E-state index contributed by atoms with van der Waals surface area (Å²) in [5, 5.41) is 2.66. The topological polar surface area (TPSA) is 84.9 Å². The van der Waals surface area contributed by atoms with Crippen LogP contribution in [0.2, 0.25) is 0 Å². The highest BCUT2D eigenvalue weighted by Gasteiger charge is 2.26. The van der Waals surface area contributed by atoms with Crippen LogP contribution in [0, 0.1) is 6.92 Å². The number of ether oxygens (including phenoxy) is 2.